The third-order valence-corrected chi connectivity index (χ3v) is 12.3. The Kier molecular flexibility index (Phi) is 6.13. The van der Waals surface area contributed by atoms with Crippen molar-refractivity contribution in [3.05, 3.63) is 157 Å². The van der Waals surface area contributed by atoms with E-state index in [1.54, 1.807) is 0 Å². The number of imidazole rings is 1. The summed E-state index contributed by atoms with van der Waals surface area (Å²) in [5, 5.41) is 15.0. The van der Waals surface area contributed by atoms with Gasteiger partial charge in [-0.2, -0.15) is 0 Å². The standard InChI is InChI=1S/C49H34N2S/c1-49(2,3)31-24-25-32-29(26-31)22-23-30-27-42-39-18-10-19-40(47(39)52-45(42)28-41(30)32)48-50-43-20-11-17-38-36-15-7-5-13-34(36)33-12-4-6-14-35(33)37-16-8-9-21-44(37)51(48)46(38)43/h4-28H,1-3H3. The molecule has 0 unspecified atom stereocenters. The number of nitrogens with zero attached hydrogens (tertiary/aromatic N) is 2. The minimum Gasteiger partial charge on any atom is -0.291 e. The van der Waals surface area contributed by atoms with Crippen LogP contribution in [0, 0.1) is 0 Å². The summed E-state index contributed by atoms with van der Waals surface area (Å²) in [6.45, 7) is 6.85. The first-order valence-corrected chi connectivity index (χ1v) is 18.9. The minimum absolute atomic E-state index is 0.108. The molecule has 52 heavy (non-hydrogen) atoms. The second-order valence-electron chi connectivity index (χ2n) is 15.2. The summed E-state index contributed by atoms with van der Waals surface area (Å²) in [7, 11) is 0. The van der Waals surface area contributed by atoms with Crippen molar-refractivity contribution in [2.45, 2.75) is 26.2 Å². The van der Waals surface area contributed by atoms with Crippen LogP contribution in [0.2, 0.25) is 0 Å². The van der Waals surface area contributed by atoms with Crippen LogP contribution in [0.3, 0.4) is 0 Å². The molecule has 3 aromatic heterocycles. The molecule has 11 aromatic rings. The third-order valence-electron chi connectivity index (χ3n) is 11.1. The lowest BCUT2D eigenvalue weighted by Gasteiger charge is -2.19. The van der Waals surface area contributed by atoms with E-state index in [1.165, 1.54) is 79.6 Å². The van der Waals surface area contributed by atoms with Gasteiger partial charge in [-0.1, -0.05) is 142 Å². The first-order valence-electron chi connectivity index (χ1n) is 18.0. The Morgan fingerprint density at radius 3 is 1.85 bits per heavy atom. The lowest BCUT2D eigenvalue weighted by molar-refractivity contribution is 0.591. The van der Waals surface area contributed by atoms with E-state index in [2.05, 4.69) is 177 Å². The lowest BCUT2D eigenvalue weighted by atomic mass is 9.85. The minimum atomic E-state index is 0.108. The van der Waals surface area contributed by atoms with Crippen LogP contribution in [0.4, 0.5) is 0 Å². The van der Waals surface area contributed by atoms with Crippen LogP contribution in [0.25, 0.3) is 102 Å². The average Bonchev–Trinajstić information content (AvgIpc) is 3.75. The Hall–Kier alpha value is -6.03. The number of fused-ring (bicyclic) bond motifs is 13. The first kappa shape index (κ1) is 29.7. The molecule has 3 heterocycles. The molecule has 11 rings (SSSR count). The third kappa shape index (κ3) is 4.20. The molecular weight excluding hydrogens is 649 g/mol. The van der Waals surface area contributed by atoms with Crippen molar-refractivity contribution < 1.29 is 0 Å². The molecule has 8 aromatic carbocycles. The molecule has 0 N–H and O–H groups in total. The van der Waals surface area contributed by atoms with E-state index < -0.39 is 0 Å². The van der Waals surface area contributed by atoms with Gasteiger partial charge in [-0.3, -0.25) is 4.40 Å². The monoisotopic (exact) mass is 682 g/mol. The largest absolute Gasteiger partial charge is 0.291 e. The van der Waals surface area contributed by atoms with Crippen molar-refractivity contribution in [3.63, 3.8) is 0 Å². The van der Waals surface area contributed by atoms with E-state index in [9.17, 15) is 0 Å². The van der Waals surface area contributed by atoms with Gasteiger partial charge in [-0.15, -0.1) is 11.3 Å². The summed E-state index contributed by atoms with van der Waals surface area (Å²) in [6, 6.07) is 56.3. The fraction of sp³-hybridized carbons (Fsp3) is 0.0816. The van der Waals surface area contributed by atoms with Crippen molar-refractivity contribution >= 4 is 102 Å². The summed E-state index contributed by atoms with van der Waals surface area (Å²) >= 11 is 1.88. The Labute approximate surface area is 304 Å². The second-order valence-corrected chi connectivity index (χ2v) is 16.2. The van der Waals surface area contributed by atoms with Gasteiger partial charge in [0.05, 0.1) is 16.6 Å². The molecule has 0 aliphatic rings. The van der Waals surface area contributed by atoms with Gasteiger partial charge in [0.2, 0.25) is 0 Å². The van der Waals surface area contributed by atoms with Gasteiger partial charge >= 0.3 is 0 Å². The number of rotatable bonds is 1. The number of para-hydroxylation sites is 2. The smallest absolute Gasteiger partial charge is 0.147 e. The molecule has 0 spiro atoms. The fourth-order valence-corrected chi connectivity index (χ4v) is 9.79. The van der Waals surface area contributed by atoms with Gasteiger partial charge in [0.15, 0.2) is 0 Å². The van der Waals surface area contributed by atoms with Crippen molar-refractivity contribution in [2.75, 3.05) is 0 Å². The van der Waals surface area contributed by atoms with Crippen LogP contribution in [-0.4, -0.2) is 9.38 Å². The van der Waals surface area contributed by atoms with Crippen molar-refractivity contribution in [3.8, 4) is 11.4 Å². The number of benzene rings is 8. The quantitative estimate of drug-likeness (QED) is 0.158. The maximum absolute atomic E-state index is 5.51. The molecule has 0 aliphatic heterocycles. The molecular formula is C49H34N2S. The molecule has 246 valence electrons. The van der Waals surface area contributed by atoms with Gasteiger partial charge in [-0.25, -0.2) is 4.98 Å². The molecule has 3 heteroatoms. The van der Waals surface area contributed by atoms with E-state index in [1.807, 2.05) is 11.3 Å². The molecule has 0 aliphatic carbocycles. The maximum Gasteiger partial charge on any atom is 0.147 e. The van der Waals surface area contributed by atoms with Crippen LogP contribution in [0.5, 0.6) is 0 Å². The highest BCUT2D eigenvalue weighted by molar-refractivity contribution is 7.26. The van der Waals surface area contributed by atoms with Gasteiger partial charge in [0.25, 0.3) is 0 Å². The van der Waals surface area contributed by atoms with Gasteiger partial charge in [-0.05, 0) is 84.4 Å². The van der Waals surface area contributed by atoms with Crippen LogP contribution < -0.4 is 0 Å². The summed E-state index contributed by atoms with van der Waals surface area (Å²) in [5.41, 5.74) is 5.89. The molecule has 0 bridgehead atoms. The van der Waals surface area contributed by atoms with Crippen LogP contribution in [0.1, 0.15) is 26.3 Å². The summed E-state index contributed by atoms with van der Waals surface area (Å²) in [4.78, 5) is 5.51. The molecule has 0 saturated carbocycles. The van der Waals surface area contributed by atoms with E-state index in [0.717, 1.165) is 27.9 Å². The number of thiophene rings is 1. The van der Waals surface area contributed by atoms with Crippen LogP contribution in [-0.2, 0) is 5.41 Å². The Morgan fingerprint density at radius 1 is 0.481 bits per heavy atom. The highest BCUT2D eigenvalue weighted by Gasteiger charge is 2.20. The lowest BCUT2D eigenvalue weighted by Crippen LogP contribution is -2.10. The van der Waals surface area contributed by atoms with Crippen LogP contribution >= 0.6 is 11.3 Å². The van der Waals surface area contributed by atoms with E-state index in [-0.39, 0.29) is 5.41 Å². The molecule has 0 amide bonds. The van der Waals surface area contributed by atoms with Crippen molar-refractivity contribution in [1.29, 1.82) is 0 Å². The zero-order valence-corrected chi connectivity index (χ0v) is 30.1. The van der Waals surface area contributed by atoms with Crippen LogP contribution in [0.15, 0.2) is 152 Å². The number of hydrogen-bond donors (Lipinski definition) is 0. The molecule has 0 atom stereocenters. The summed E-state index contributed by atoms with van der Waals surface area (Å²) in [6.07, 6.45) is 0. The Bertz CT molecular complexity index is 3340. The Morgan fingerprint density at radius 2 is 1.10 bits per heavy atom. The van der Waals surface area contributed by atoms with Gasteiger partial charge in [0, 0.05) is 36.5 Å². The van der Waals surface area contributed by atoms with Gasteiger partial charge < -0.3 is 0 Å². The molecule has 0 saturated heterocycles. The topological polar surface area (TPSA) is 17.3 Å². The average molecular weight is 683 g/mol. The highest BCUT2D eigenvalue weighted by atomic mass is 32.1. The molecule has 0 fully saturated rings. The van der Waals surface area contributed by atoms with E-state index in [0.29, 0.717) is 0 Å². The normalized spacial score (nSPS) is 12.5. The number of aromatic nitrogens is 2. The Balaban J connectivity index is 1.28. The SMILES string of the molecule is CC(C)(C)c1ccc2c(ccc3cc4c(cc32)sc2c(-c3nc5cccc6c7ccccc7c7ccccc7c7ccccc7n3c56)cccc24)c1. The molecule has 2 nitrogen and oxygen atoms in total. The zero-order chi connectivity index (χ0) is 34.7. The van der Waals surface area contributed by atoms with E-state index >= 15 is 0 Å². The molecule has 0 radical (unpaired) electrons. The zero-order valence-electron chi connectivity index (χ0n) is 29.2. The van der Waals surface area contributed by atoms with E-state index in [4.69, 9.17) is 4.98 Å². The highest BCUT2D eigenvalue weighted by Crippen LogP contribution is 2.44. The number of hydrogen-bond acceptors (Lipinski definition) is 2. The fourth-order valence-electron chi connectivity index (χ4n) is 8.56. The second kappa shape index (κ2) is 10.7. The van der Waals surface area contributed by atoms with Gasteiger partial charge in [0.1, 0.15) is 5.82 Å². The predicted molar refractivity (Wildman–Crippen MR) is 226 cm³/mol. The van der Waals surface area contributed by atoms with Crippen molar-refractivity contribution in [1.82, 2.24) is 9.38 Å². The predicted octanol–water partition coefficient (Wildman–Crippen LogP) is 14.1. The van der Waals surface area contributed by atoms with Crippen molar-refractivity contribution in [2.24, 2.45) is 0 Å². The maximum atomic E-state index is 5.51. The summed E-state index contributed by atoms with van der Waals surface area (Å²) in [5.74, 6) is 0.966. The summed E-state index contributed by atoms with van der Waals surface area (Å²) < 4.78 is 5.00. The first-order chi connectivity index (χ1) is 25.4.